The van der Waals surface area contributed by atoms with E-state index < -0.39 is 5.97 Å². The molecule has 0 radical (unpaired) electrons. The molecule has 0 aliphatic rings. The van der Waals surface area contributed by atoms with Gasteiger partial charge in [-0.2, -0.15) is 5.26 Å². The Balaban J connectivity index is 0.00000280. The van der Waals surface area contributed by atoms with Gasteiger partial charge in [-0.15, -0.1) is 12.4 Å². The summed E-state index contributed by atoms with van der Waals surface area (Å²) in [5.41, 5.74) is 1.58. The number of carboxylic acid groups (broad SMARTS) is 1. The third-order valence-electron chi connectivity index (χ3n) is 4.19. The number of phenols is 1. The summed E-state index contributed by atoms with van der Waals surface area (Å²) in [6.45, 7) is 1.30. The van der Waals surface area contributed by atoms with Gasteiger partial charge in [0.05, 0.1) is 11.1 Å². The third-order valence-corrected chi connectivity index (χ3v) is 4.19. The number of hydrogen-bond donors (Lipinski definition) is 2. The van der Waals surface area contributed by atoms with E-state index >= 15 is 0 Å². The van der Waals surface area contributed by atoms with Crippen LogP contribution >= 0.6 is 12.4 Å². The van der Waals surface area contributed by atoms with E-state index in [-0.39, 0.29) is 23.7 Å². The minimum absolute atomic E-state index is 0. The molecule has 0 bridgehead atoms. The van der Waals surface area contributed by atoms with Crippen LogP contribution in [-0.4, -0.2) is 52.9 Å². The normalized spacial score (nSPS) is 10.5. The molecule has 3 aromatic rings. The van der Waals surface area contributed by atoms with Crippen LogP contribution in [0, 0.1) is 11.3 Å². The first-order valence-electron chi connectivity index (χ1n) is 8.30. The zero-order chi connectivity index (χ0) is 19.6. The maximum atomic E-state index is 11.1. The molecule has 0 saturated carbocycles. The Kier molecular flexibility index (Phi) is 6.52. The van der Waals surface area contributed by atoms with Crippen LogP contribution in [-0.2, 0) is 0 Å². The van der Waals surface area contributed by atoms with Crippen LogP contribution in [0.25, 0.3) is 16.6 Å². The number of aromatic hydroxyl groups is 1. The van der Waals surface area contributed by atoms with Crippen molar-refractivity contribution in [3.05, 3.63) is 53.7 Å². The molecule has 0 atom stereocenters. The highest BCUT2D eigenvalue weighted by Gasteiger charge is 2.14. The minimum Gasteiger partial charge on any atom is -0.507 e. The summed E-state index contributed by atoms with van der Waals surface area (Å²) >= 11 is 0. The van der Waals surface area contributed by atoms with Gasteiger partial charge in [-0.1, -0.05) is 0 Å². The Labute approximate surface area is 168 Å². The Hall–Kier alpha value is -3.21. The first-order valence-corrected chi connectivity index (χ1v) is 8.30. The van der Waals surface area contributed by atoms with E-state index in [0.717, 1.165) is 17.4 Å². The quantitative estimate of drug-likeness (QED) is 0.657. The number of ether oxygens (including phenoxy) is 1. The smallest absolute Gasteiger partial charge is 0.339 e. The Morgan fingerprint density at radius 3 is 2.61 bits per heavy atom. The highest BCUT2D eigenvalue weighted by atomic mass is 35.5. The molecule has 2 aromatic carbocycles. The van der Waals surface area contributed by atoms with E-state index in [1.165, 1.54) is 12.1 Å². The van der Waals surface area contributed by atoms with Crippen molar-refractivity contribution < 1.29 is 19.7 Å². The minimum atomic E-state index is -1.20. The summed E-state index contributed by atoms with van der Waals surface area (Å²) in [5.74, 6) is -0.871. The van der Waals surface area contributed by atoms with Gasteiger partial charge in [0, 0.05) is 35.9 Å². The van der Waals surface area contributed by atoms with E-state index in [1.807, 2.05) is 37.2 Å². The number of likely N-dealkylation sites (N-methyl/N-ethyl adjacent to an activating group) is 1. The summed E-state index contributed by atoms with van der Waals surface area (Å²) in [4.78, 5) is 13.1. The van der Waals surface area contributed by atoms with Crippen LogP contribution in [0.5, 0.6) is 11.5 Å². The average molecular weight is 402 g/mol. The average Bonchev–Trinajstić information content (AvgIpc) is 2.99. The molecule has 146 valence electrons. The number of halogens is 1. The fraction of sp³-hybridized carbons (Fsp3) is 0.200. The van der Waals surface area contributed by atoms with Crippen LogP contribution in [0.15, 0.2) is 42.6 Å². The number of nitriles is 1. The fourth-order valence-corrected chi connectivity index (χ4v) is 2.80. The number of carbonyl (C=O) groups is 1. The van der Waals surface area contributed by atoms with Gasteiger partial charge in [-0.05, 0) is 38.4 Å². The molecule has 2 N–H and O–H groups in total. The molecule has 7 nitrogen and oxygen atoms in total. The third kappa shape index (κ3) is 4.19. The van der Waals surface area contributed by atoms with E-state index in [1.54, 1.807) is 16.8 Å². The molecule has 0 fully saturated rings. The lowest BCUT2D eigenvalue weighted by molar-refractivity contribution is 0.0693. The van der Waals surface area contributed by atoms with E-state index in [4.69, 9.17) is 9.84 Å². The Morgan fingerprint density at radius 2 is 2.00 bits per heavy atom. The number of hydrogen-bond acceptors (Lipinski definition) is 5. The number of aromatic carboxylic acids is 1. The first-order chi connectivity index (χ1) is 12.9. The number of nitrogens with zero attached hydrogens (tertiary/aromatic N) is 3. The van der Waals surface area contributed by atoms with Crippen molar-refractivity contribution in [1.82, 2.24) is 9.47 Å². The predicted molar refractivity (Wildman–Crippen MR) is 108 cm³/mol. The van der Waals surface area contributed by atoms with Crippen LogP contribution in [0.3, 0.4) is 0 Å². The summed E-state index contributed by atoms with van der Waals surface area (Å²) < 4.78 is 7.50. The second-order valence-electron chi connectivity index (χ2n) is 6.36. The first kappa shape index (κ1) is 21.1. The van der Waals surface area contributed by atoms with Gasteiger partial charge < -0.3 is 24.4 Å². The van der Waals surface area contributed by atoms with E-state index in [0.29, 0.717) is 23.6 Å². The highest BCUT2D eigenvalue weighted by Crippen LogP contribution is 2.30. The van der Waals surface area contributed by atoms with Crippen molar-refractivity contribution in [2.75, 3.05) is 27.2 Å². The van der Waals surface area contributed by atoms with Crippen LogP contribution < -0.4 is 4.74 Å². The zero-order valence-corrected chi connectivity index (χ0v) is 16.2. The van der Waals surface area contributed by atoms with Crippen LogP contribution in [0.2, 0.25) is 0 Å². The molecule has 0 aliphatic carbocycles. The lowest BCUT2D eigenvalue weighted by Crippen LogP contribution is -2.19. The molecule has 0 saturated heterocycles. The second kappa shape index (κ2) is 8.65. The molecule has 28 heavy (non-hydrogen) atoms. The van der Waals surface area contributed by atoms with Gasteiger partial charge in [0.1, 0.15) is 29.7 Å². The lowest BCUT2D eigenvalue weighted by Gasteiger charge is -2.12. The molecule has 8 heteroatoms. The van der Waals surface area contributed by atoms with Gasteiger partial charge in [-0.25, -0.2) is 4.79 Å². The van der Waals surface area contributed by atoms with Crippen molar-refractivity contribution in [1.29, 1.82) is 5.26 Å². The van der Waals surface area contributed by atoms with Gasteiger partial charge >= 0.3 is 5.97 Å². The number of carboxylic acids is 1. The van der Waals surface area contributed by atoms with Crippen molar-refractivity contribution in [3.8, 4) is 23.3 Å². The molecule has 0 spiro atoms. The number of aromatic nitrogens is 1. The molecule has 0 amide bonds. The van der Waals surface area contributed by atoms with Crippen LogP contribution in [0.4, 0.5) is 0 Å². The summed E-state index contributed by atoms with van der Waals surface area (Å²) in [6.07, 6.45) is 1.66. The Bertz CT molecular complexity index is 1050. The maximum absolute atomic E-state index is 11.1. The topological polar surface area (TPSA) is 98.7 Å². The second-order valence-corrected chi connectivity index (χ2v) is 6.36. The van der Waals surface area contributed by atoms with Gasteiger partial charge in [0.25, 0.3) is 0 Å². The van der Waals surface area contributed by atoms with Gasteiger partial charge in [0.2, 0.25) is 0 Å². The zero-order valence-electron chi connectivity index (χ0n) is 15.4. The number of benzene rings is 2. The van der Waals surface area contributed by atoms with Crippen molar-refractivity contribution in [3.63, 3.8) is 0 Å². The van der Waals surface area contributed by atoms with E-state index in [9.17, 15) is 15.2 Å². The number of fused-ring (bicyclic) bond motifs is 1. The molecular formula is C20H20ClN3O4. The maximum Gasteiger partial charge on any atom is 0.339 e. The van der Waals surface area contributed by atoms with Gasteiger partial charge in [-0.3, -0.25) is 0 Å². The monoisotopic (exact) mass is 401 g/mol. The standard InChI is InChI=1S/C20H19N3O4.ClH/c1-22(2)7-8-27-15-4-6-16-13(11-21)12-23(18(16)10-15)14-3-5-17(20(25)26)19(24)9-14;/h3-6,9-10,12,24H,7-8H2,1-2H3,(H,25,26);1H. The lowest BCUT2D eigenvalue weighted by atomic mass is 10.1. The summed E-state index contributed by atoms with van der Waals surface area (Å²) in [6, 6.07) is 11.9. The van der Waals surface area contributed by atoms with Crippen molar-refractivity contribution in [2.45, 2.75) is 0 Å². The van der Waals surface area contributed by atoms with Crippen molar-refractivity contribution >= 4 is 29.3 Å². The summed E-state index contributed by atoms with van der Waals surface area (Å²) in [7, 11) is 3.92. The largest absolute Gasteiger partial charge is 0.507 e. The predicted octanol–water partition coefficient (Wildman–Crippen LogP) is 3.27. The fourth-order valence-electron chi connectivity index (χ4n) is 2.80. The highest BCUT2D eigenvalue weighted by molar-refractivity contribution is 5.92. The molecule has 0 aliphatic heterocycles. The SMILES string of the molecule is CN(C)CCOc1ccc2c(C#N)cn(-c3ccc(C(=O)O)c(O)c3)c2c1.Cl. The van der Waals surface area contributed by atoms with Crippen LogP contribution in [0.1, 0.15) is 15.9 Å². The van der Waals surface area contributed by atoms with Gasteiger partial charge in [0.15, 0.2) is 0 Å². The summed E-state index contributed by atoms with van der Waals surface area (Å²) in [5, 5.41) is 29.2. The number of rotatable bonds is 6. The molecule has 3 rings (SSSR count). The van der Waals surface area contributed by atoms with Crippen molar-refractivity contribution in [2.24, 2.45) is 0 Å². The Morgan fingerprint density at radius 1 is 1.25 bits per heavy atom. The molecule has 0 unspecified atom stereocenters. The molecule has 1 aromatic heterocycles. The molecular weight excluding hydrogens is 382 g/mol. The molecule has 1 heterocycles. The van der Waals surface area contributed by atoms with E-state index in [2.05, 4.69) is 6.07 Å².